The van der Waals surface area contributed by atoms with Crippen molar-refractivity contribution in [3.8, 4) is 11.5 Å². The lowest BCUT2D eigenvalue weighted by Gasteiger charge is -2.21. The summed E-state index contributed by atoms with van der Waals surface area (Å²) in [5.41, 5.74) is 0.872. The molecule has 5 heteroatoms. The minimum absolute atomic E-state index is 0.102. The number of methoxy groups -OCH3 is 1. The smallest absolute Gasteiger partial charge is 0.224 e. The number of carbonyl (C=O) groups excluding carboxylic acids is 1. The van der Waals surface area contributed by atoms with Crippen LogP contribution in [-0.4, -0.2) is 19.6 Å². The van der Waals surface area contributed by atoms with Gasteiger partial charge in [0.2, 0.25) is 5.91 Å². The number of anilines is 1. The maximum absolute atomic E-state index is 14.0. The Hall–Kier alpha value is -1.78. The third-order valence-electron chi connectivity index (χ3n) is 2.68. The van der Waals surface area contributed by atoms with Crippen LogP contribution in [-0.2, 0) is 11.2 Å². The molecule has 1 aromatic rings. The Labute approximate surface area is 98.7 Å². The Morgan fingerprint density at radius 3 is 2.82 bits per heavy atom. The summed E-state index contributed by atoms with van der Waals surface area (Å²) in [4.78, 5) is 11.3. The molecule has 0 spiro atoms. The van der Waals surface area contributed by atoms with Gasteiger partial charge in [0.15, 0.2) is 11.6 Å². The molecule has 1 aliphatic rings. The molecule has 2 rings (SSSR count). The van der Waals surface area contributed by atoms with Crippen molar-refractivity contribution in [3.63, 3.8) is 0 Å². The molecule has 0 aliphatic carbocycles. The normalized spacial score (nSPS) is 13.9. The van der Waals surface area contributed by atoms with E-state index in [-0.39, 0.29) is 17.3 Å². The van der Waals surface area contributed by atoms with Gasteiger partial charge in [-0.25, -0.2) is 4.39 Å². The third-order valence-corrected chi connectivity index (χ3v) is 2.68. The highest BCUT2D eigenvalue weighted by Crippen LogP contribution is 2.38. The molecule has 0 aromatic heterocycles. The third kappa shape index (κ3) is 2.05. The molecule has 1 amide bonds. The number of benzene rings is 1. The van der Waals surface area contributed by atoms with Gasteiger partial charge < -0.3 is 14.8 Å². The molecule has 92 valence electrons. The number of hydrogen-bond donors (Lipinski definition) is 1. The first-order valence-corrected chi connectivity index (χ1v) is 5.49. The number of rotatable bonds is 3. The van der Waals surface area contributed by atoms with Crippen LogP contribution in [0.15, 0.2) is 6.07 Å². The molecular weight excluding hydrogens is 225 g/mol. The summed E-state index contributed by atoms with van der Waals surface area (Å²) >= 11 is 0. The van der Waals surface area contributed by atoms with Gasteiger partial charge >= 0.3 is 0 Å². The Morgan fingerprint density at radius 2 is 2.18 bits per heavy atom. The summed E-state index contributed by atoms with van der Waals surface area (Å²) in [5.74, 6) is -0.0713. The van der Waals surface area contributed by atoms with Crippen LogP contribution in [0.3, 0.4) is 0 Å². The monoisotopic (exact) mass is 239 g/mol. The van der Waals surface area contributed by atoms with Crippen molar-refractivity contribution in [3.05, 3.63) is 17.4 Å². The number of hydrogen-bond acceptors (Lipinski definition) is 3. The summed E-state index contributed by atoms with van der Waals surface area (Å²) in [7, 11) is 1.51. The zero-order valence-electron chi connectivity index (χ0n) is 9.80. The van der Waals surface area contributed by atoms with Gasteiger partial charge in [-0.05, 0) is 13.3 Å². The molecule has 0 saturated carbocycles. The molecule has 1 heterocycles. The summed E-state index contributed by atoms with van der Waals surface area (Å²) in [6, 6.07) is 1.52. The second-order valence-corrected chi connectivity index (χ2v) is 3.73. The van der Waals surface area contributed by atoms with Gasteiger partial charge in [-0.1, -0.05) is 0 Å². The average molecular weight is 239 g/mol. The minimum Gasteiger partial charge on any atom is -0.496 e. The van der Waals surface area contributed by atoms with Crippen molar-refractivity contribution in [2.24, 2.45) is 0 Å². The number of carbonyl (C=O) groups is 1. The number of ether oxygens (including phenoxy) is 2. The SMILES string of the molecule is CCOc1cc(OC)c2c(c1F)NC(=O)CC2. The van der Waals surface area contributed by atoms with Crippen molar-refractivity contribution >= 4 is 11.6 Å². The molecule has 0 saturated heterocycles. The second-order valence-electron chi connectivity index (χ2n) is 3.73. The highest BCUT2D eigenvalue weighted by molar-refractivity contribution is 5.95. The van der Waals surface area contributed by atoms with Crippen molar-refractivity contribution in [1.29, 1.82) is 0 Å². The van der Waals surface area contributed by atoms with Gasteiger partial charge in [0.1, 0.15) is 5.75 Å². The topological polar surface area (TPSA) is 47.6 Å². The lowest BCUT2D eigenvalue weighted by atomic mass is 10.0. The van der Waals surface area contributed by atoms with E-state index in [1.807, 2.05) is 0 Å². The molecule has 1 N–H and O–H groups in total. The molecule has 0 fully saturated rings. The lowest BCUT2D eigenvalue weighted by Crippen LogP contribution is -2.21. The van der Waals surface area contributed by atoms with Crippen LogP contribution in [0.2, 0.25) is 0 Å². The second kappa shape index (κ2) is 4.61. The summed E-state index contributed by atoms with van der Waals surface area (Å²) in [6.07, 6.45) is 0.824. The van der Waals surface area contributed by atoms with E-state index < -0.39 is 5.82 Å². The Morgan fingerprint density at radius 1 is 1.41 bits per heavy atom. The number of nitrogens with one attached hydrogen (secondary N) is 1. The molecule has 0 radical (unpaired) electrons. The zero-order chi connectivity index (χ0) is 12.4. The maximum atomic E-state index is 14.0. The number of amides is 1. The zero-order valence-corrected chi connectivity index (χ0v) is 9.80. The summed E-state index contributed by atoms with van der Waals surface area (Å²) in [5, 5.41) is 2.53. The van der Waals surface area contributed by atoms with Gasteiger partial charge in [0.05, 0.1) is 19.4 Å². The van der Waals surface area contributed by atoms with E-state index in [1.54, 1.807) is 6.92 Å². The molecular formula is C12H14FNO3. The molecule has 0 bridgehead atoms. The van der Waals surface area contributed by atoms with Crippen molar-refractivity contribution in [2.45, 2.75) is 19.8 Å². The van der Waals surface area contributed by atoms with Gasteiger partial charge in [-0.15, -0.1) is 0 Å². The van der Waals surface area contributed by atoms with Crippen LogP contribution in [0.25, 0.3) is 0 Å². The molecule has 17 heavy (non-hydrogen) atoms. The fraction of sp³-hybridized carbons (Fsp3) is 0.417. The van der Waals surface area contributed by atoms with Crippen molar-refractivity contribution in [1.82, 2.24) is 0 Å². The molecule has 0 atom stereocenters. The molecule has 4 nitrogen and oxygen atoms in total. The van der Waals surface area contributed by atoms with Crippen LogP contribution < -0.4 is 14.8 Å². The quantitative estimate of drug-likeness (QED) is 0.878. The van der Waals surface area contributed by atoms with Crippen LogP contribution in [0.5, 0.6) is 11.5 Å². The summed E-state index contributed by atoms with van der Waals surface area (Å²) < 4.78 is 24.4. The largest absolute Gasteiger partial charge is 0.496 e. The fourth-order valence-corrected chi connectivity index (χ4v) is 1.91. The minimum atomic E-state index is -0.532. The predicted molar refractivity (Wildman–Crippen MR) is 61.1 cm³/mol. The van der Waals surface area contributed by atoms with Crippen LogP contribution in [0.4, 0.5) is 10.1 Å². The van der Waals surface area contributed by atoms with E-state index in [4.69, 9.17) is 9.47 Å². The maximum Gasteiger partial charge on any atom is 0.224 e. The van der Waals surface area contributed by atoms with Crippen molar-refractivity contribution in [2.75, 3.05) is 19.0 Å². The number of halogens is 1. The van der Waals surface area contributed by atoms with E-state index in [9.17, 15) is 9.18 Å². The molecule has 1 aromatic carbocycles. The number of fused-ring (bicyclic) bond motifs is 1. The van der Waals surface area contributed by atoms with Crippen LogP contribution in [0.1, 0.15) is 18.9 Å². The summed E-state index contributed by atoms with van der Waals surface area (Å²) in [6.45, 7) is 2.12. The highest BCUT2D eigenvalue weighted by atomic mass is 19.1. The first kappa shape index (κ1) is 11.7. The Bertz CT molecular complexity index is 460. The van der Waals surface area contributed by atoms with Gasteiger partial charge in [0, 0.05) is 18.1 Å². The Kier molecular flexibility index (Phi) is 3.17. The van der Waals surface area contributed by atoms with E-state index in [0.717, 1.165) is 0 Å². The Balaban J connectivity index is 2.54. The van der Waals surface area contributed by atoms with E-state index in [2.05, 4.69) is 5.32 Å². The van der Waals surface area contributed by atoms with Gasteiger partial charge in [-0.2, -0.15) is 0 Å². The van der Waals surface area contributed by atoms with Crippen molar-refractivity contribution < 1.29 is 18.7 Å². The molecule has 1 aliphatic heterocycles. The van der Waals surface area contributed by atoms with Crippen LogP contribution in [0, 0.1) is 5.82 Å². The van der Waals surface area contributed by atoms with E-state index in [0.29, 0.717) is 30.8 Å². The standard InChI is InChI=1S/C12H14FNO3/c1-3-17-9-6-8(16-2)7-4-5-10(15)14-12(7)11(9)13/h6H,3-5H2,1-2H3,(H,14,15). The first-order valence-electron chi connectivity index (χ1n) is 5.49. The van der Waals surface area contributed by atoms with E-state index in [1.165, 1.54) is 13.2 Å². The van der Waals surface area contributed by atoms with Crippen LogP contribution >= 0.6 is 0 Å². The average Bonchev–Trinajstić information content (AvgIpc) is 2.33. The van der Waals surface area contributed by atoms with E-state index >= 15 is 0 Å². The fourth-order valence-electron chi connectivity index (χ4n) is 1.91. The van der Waals surface area contributed by atoms with Gasteiger partial charge in [0.25, 0.3) is 0 Å². The lowest BCUT2D eigenvalue weighted by molar-refractivity contribution is -0.116. The molecule has 0 unspecified atom stereocenters. The van der Waals surface area contributed by atoms with Gasteiger partial charge in [-0.3, -0.25) is 4.79 Å². The predicted octanol–water partition coefficient (Wildman–Crippen LogP) is 2.12. The first-order chi connectivity index (χ1) is 8.17. The highest BCUT2D eigenvalue weighted by Gasteiger charge is 2.25.